The van der Waals surface area contributed by atoms with Crippen molar-refractivity contribution in [3.8, 4) is 11.8 Å². The van der Waals surface area contributed by atoms with E-state index in [1.54, 1.807) is 0 Å². The zero-order valence-electron chi connectivity index (χ0n) is 19.1. The normalized spacial score (nSPS) is 18.6. The summed E-state index contributed by atoms with van der Waals surface area (Å²) in [7, 11) is 0. The molecule has 0 unspecified atom stereocenters. The molecule has 0 atom stereocenters. The molecule has 3 rings (SSSR count). The number of benzene rings is 1. The van der Waals surface area contributed by atoms with E-state index in [4.69, 9.17) is 0 Å². The van der Waals surface area contributed by atoms with Crippen LogP contribution in [0.2, 0.25) is 0 Å². The molecule has 0 saturated heterocycles. The molecule has 0 N–H and O–H groups in total. The van der Waals surface area contributed by atoms with Gasteiger partial charge in [0.25, 0.3) is 0 Å². The van der Waals surface area contributed by atoms with Gasteiger partial charge in [-0.05, 0) is 85.6 Å². The van der Waals surface area contributed by atoms with E-state index in [-0.39, 0.29) is 0 Å². The summed E-state index contributed by atoms with van der Waals surface area (Å²) in [6.07, 6.45) is 18.1. The highest BCUT2D eigenvalue weighted by Crippen LogP contribution is 2.37. The van der Waals surface area contributed by atoms with E-state index in [2.05, 4.69) is 61.0 Å². The Morgan fingerprint density at radius 2 is 1.57 bits per heavy atom. The maximum atomic E-state index is 4.50. The number of unbranched alkanes of at least 4 members (excludes halogenated alkanes) is 4. The Morgan fingerprint density at radius 3 is 2.23 bits per heavy atom. The Morgan fingerprint density at radius 1 is 0.800 bits per heavy atom. The van der Waals surface area contributed by atoms with Crippen molar-refractivity contribution in [3.63, 3.8) is 0 Å². The molecule has 1 aliphatic carbocycles. The molecule has 0 aliphatic heterocycles. The minimum absolute atomic E-state index is 0.747. The van der Waals surface area contributed by atoms with Crippen LogP contribution in [0.5, 0.6) is 0 Å². The lowest BCUT2D eigenvalue weighted by atomic mass is 9.77. The highest BCUT2D eigenvalue weighted by Gasteiger charge is 2.21. The third-order valence-electron chi connectivity index (χ3n) is 6.67. The van der Waals surface area contributed by atoms with Crippen molar-refractivity contribution in [1.29, 1.82) is 0 Å². The van der Waals surface area contributed by atoms with Crippen molar-refractivity contribution < 1.29 is 0 Å². The van der Waals surface area contributed by atoms with Gasteiger partial charge in [0.2, 0.25) is 0 Å². The summed E-state index contributed by atoms with van der Waals surface area (Å²) in [6, 6.07) is 13.2. The fourth-order valence-corrected chi connectivity index (χ4v) is 4.65. The largest absolute Gasteiger partial charge is 0.248 e. The number of nitrogens with zero attached hydrogens (tertiary/aromatic N) is 1. The van der Waals surface area contributed by atoms with Crippen molar-refractivity contribution >= 4 is 0 Å². The SMILES string of the molecule is CCCCCC[C@H]1CC[C@H](c2ccc(C#Cc3ccc(CCCC)cn3)cc2)CC1. The second-order valence-electron chi connectivity index (χ2n) is 9.09. The number of hydrogen-bond donors (Lipinski definition) is 0. The summed E-state index contributed by atoms with van der Waals surface area (Å²) in [4.78, 5) is 4.50. The molecule has 0 spiro atoms. The monoisotopic (exact) mass is 401 g/mol. The number of aromatic nitrogens is 1. The van der Waals surface area contributed by atoms with Gasteiger partial charge < -0.3 is 0 Å². The number of rotatable bonds is 9. The molecule has 160 valence electrons. The van der Waals surface area contributed by atoms with E-state index < -0.39 is 0 Å². The number of hydrogen-bond acceptors (Lipinski definition) is 1. The van der Waals surface area contributed by atoms with Gasteiger partial charge in [-0.1, -0.05) is 76.5 Å². The third-order valence-corrected chi connectivity index (χ3v) is 6.67. The quantitative estimate of drug-likeness (QED) is 0.306. The molecular formula is C29H39N. The van der Waals surface area contributed by atoms with Crippen molar-refractivity contribution in [1.82, 2.24) is 4.98 Å². The van der Waals surface area contributed by atoms with Crippen molar-refractivity contribution in [2.75, 3.05) is 0 Å². The maximum Gasteiger partial charge on any atom is 0.113 e. The predicted molar refractivity (Wildman–Crippen MR) is 129 cm³/mol. The molecule has 30 heavy (non-hydrogen) atoms. The zero-order chi connectivity index (χ0) is 21.0. The van der Waals surface area contributed by atoms with Gasteiger partial charge in [0, 0.05) is 11.8 Å². The van der Waals surface area contributed by atoms with Gasteiger partial charge in [0.15, 0.2) is 0 Å². The van der Waals surface area contributed by atoms with Gasteiger partial charge >= 0.3 is 0 Å². The van der Waals surface area contributed by atoms with Crippen LogP contribution in [0.25, 0.3) is 0 Å². The molecule has 0 bridgehead atoms. The summed E-state index contributed by atoms with van der Waals surface area (Å²) >= 11 is 0. The van der Waals surface area contributed by atoms with Gasteiger partial charge in [-0.25, -0.2) is 4.98 Å². The second kappa shape index (κ2) is 12.6. The molecule has 0 amide bonds. The molecule has 1 heterocycles. The van der Waals surface area contributed by atoms with Crippen LogP contribution in [-0.2, 0) is 6.42 Å². The Kier molecular flexibility index (Phi) is 9.49. The van der Waals surface area contributed by atoms with E-state index >= 15 is 0 Å². The highest BCUT2D eigenvalue weighted by atomic mass is 14.7. The summed E-state index contributed by atoms with van der Waals surface area (Å²) in [5.41, 5.74) is 4.75. The third kappa shape index (κ3) is 7.32. The molecular weight excluding hydrogens is 362 g/mol. The van der Waals surface area contributed by atoms with Crippen LogP contribution >= 0.6 is 0 Å². The lowest BCUT2D eigenvalue weighted by Crippen LogP contribution is -2.13. The first kappa shape index (κ1) is 22.6. The van der Waals surface area contributed by atoms with E-state index in [1.165, 1.54) is 81.8 Å². The molecule has 1 nitrogen and oxygen atoms in total. The lowest BCUT2D eigenvalue weighted by molar-refractivity contribution is 0.302. The smallest absolute Gasteiger partial charge is 0.113 e. The van der Waals surface area contributed by atoms with Crippen molar-refractivity contribution in [3.05, 3.63) is 65.0 Å². The Hall–Kier alpha value is -2.07. The molecule has 1 heteroatoms. The summed E-state index contributed by atoms with van der Waals surface area (Å²) < 4.78 is 0. The van der Waals surface area contributed by atoms with Gasteiger partial charge in [0.05, 0.1) is 0 Å². The minimum Gasteiger partial charge on any atom is -0.248 e. The fraction of sp³-hybridized carbons (Fsp3) is 0.552. The van der Waals surface area contributed by atoms with E-state index in [0.717, 1.165) is 29.5 Å². The van der Waals surface area contributed by atoms with Crippen LogP contribution in [0.4, 0.5) is 0 Å². The van der Waals surface area contributed by atoms with E-state index in [1.807, 2.05) is 12.3 Å². The summed E-state index contributed by atoms with van der Waals surface area (Å²) in [5, 5.41) is 0. The lowest BCUT2D eigenvalue weighted by Gasteiger charge is -2.29. The molecule has 1 aromatic carbocycles. The maximum absolute atomic E-state index is 4.50. The first-order valence-electron chi connectivity index (χ1n) is 12.4. The average molecular weight is 402 g/mol. The Labute approximate surface area is 184 Å². The van der Waals surface area contributed by atoms with Crippen LogP contribution in [0, 0.1) is 17.8 Å². The molecule has 0 radical (unpaired) electrons. The minimum atomic E-state index is 0.747. The van der Waals surface area contributed by atoms with Gasteiger partial charge in [-0.2, -0.15) is 0 Å². The molecule has 1 fully saturated rings. The van der Waals surface area contributed by atoms with Crippen molar-refractivity contribution in [2.24, 2.45) is 5.92 Å². The Bertz CT molecular complexity index is 783. The standard InChI is InChI=1S/C29H39N/c1-3-5-7-8-10-24-11-17-27(18-12-24)28-19-13-25(14-20-28)15-21-29-22-16-26(23-30-29)9-6-4-2/h13-14,16,19-20,22-24,27H,3-12,17-18H2,1-2H3/t24-,27-. The van der Waals surface area contributed by atoms with Gasteiger partial charge in [-0.3, -0.25) is 0 Å². The van der Waals surface area contributed by atoms with Gasteiger partial charge in [-0.15, -0.1) is 0 Å². The number of aryl methyl sites for hydroxylation is 1. The Balaban J connectivity index is 1.47. The van der Waals surface area contributed by atoms with Crippen molar-refractivity contribution in [2.45, 2.75) is 96.8 Å². The van der Waals surface area contributed by atoms with Crippen LogP contribution in [0.15, 0.2) is 42.6 Å². The van der Waals surface area contributed by atoms with Crippen LogP contribution in [0.1, 0.15) is 113 Å². The van der Waals surface area contributed by atoms with E-state index in [9.17, 15) is 0 Å². The van der Waals surface area contributed by atoms with Gasteiger partial charge in [0.1, 0.15) is 5.69 Å². The second-order valence-corrected chi connectivity index (χ2v) is 9.09. The zero-order valence-corrected chi connectivity index (χ0v) is 19.1. The first-order chi connectivity index (χ1) is 14.8. The molecule has 1 aromatic heterocycles. The summed E-state index contributed by atoms with van der Waals surface area (Å²) in [5.74, 6) is 8.22. The molecule has 1 saturated carbocycles. The first-order valence-corrected chi connectivity index (χ1v) is 12.4. The molecule has 1 aliphatic rings. The fourth-order valence-electron chi connectivity index (χ4n) is 4.65. The summed E-state index contributed by atoms with van der Waals surface area (Å²) in [6.45, 7) is 4.52. The predicted octanol–water partition coefficient (Wildman–Crippen LogP) is 8.07. The van der Waals surface area contributed by atoms with Crippen LogP contribution in [0.3, 0.4) is 0 Å². The molecule has 2 aromatic rings. The topological polar surface area (TPSA) is 12.9 Å². The van der Waals surface area contributed by atoms with Crippen LogP contribution < -0.4 is 0 Å². The number of pyridine rings is 1. The van der Waals surface area contributed by atoms with E-state index in [0.29, 0.717) is 0 Å². The highest BCUT2D eigenvalue weighted by molar-refractivity contribution is 5.41. The average Bonchev–Trinajstić information content (AvgIpc) is 2.81. The van der Waals surface area contributed by atoms with Crippen LogP contribution in [-0.4, -0.2) is 4.98 Å².